The molecule has 3 nitrogen and oxygen atoms in total. The van der Waals surface area contributed by atoms with Crippen LogP contribution < -0.4 is 22.7 Å². The fourth-order valence-electron chi connectivity index (χ4n) is 0.368. The Bertz CT molecular complexity index is 104. The molecular weight excluding hydrogens is 250 g/mol. The van der Waals surface area contributed by atoms with Gasteiger partial charge in [-0.05, 0) is 18.4 Å². The molecule has 6 heteroatoms. The molecular formula is C5H14BrNO2S2. The Balaban J connectivity index is -0.000000320. The number of halogens is 1. The van der Waals surface area contributed by atoms with Gasteiger partial charge in [0.25, 0.3) is 0 Å². The average Bonchev–Trinajstić information content (AvgIpc) is 1.82. The van der Waals surface area contributed by atoms with Gasteiger partial charge in [-0.15, -0.1) is 0 Å². The molecule has 70 valence electrons. The highest BCUT2D eigenvalue weighted by molar-refractivity contribution is 7.98. The lowest BCUT2D eigenvalue weighted by atomic mass is 10.2. The van der Waals surface area contributed by atoms with Gasteiger partial charge in [0, 0.05) is 0 Å². The van der Waals surface area contributed by atoms with Crippen molar-refractivity contribution in [2.45, 2.75) is 12.5 Å². The van der Waals surface area contributed by atoms with E-state index >= 15 is 0 Å². The fourth-order valence-corrected chi connectivity index (χ4v) is 0.858. The van der Waals surface area contributed by atoms with E-state index in [-0.39, 0.29) is 30.5 Å². The second kappa shape index (κ2) is 10.6. The molecule has 0 heterocycles. The third-order valence-corrected chi connectivity index (χ3v) is 1.59. The zero-order chi connectivity index (χ0) is 7.28. The van der Waals surface area contributed by atoms with E-state index in [2.05, 4.69) is 0 Å². The van der Waals surface area contributed by atoms with Crippen LogP contribution in [0.2, 0.25) is 0 Å². The SMILES string of the molecule is CSCC[C@@H](N)C(=O)O.[Br-].[SH3+]. The lowest BCUT2D eigenvalue weighted by Crippen LogP contribution is -3.00. The van der Waals surface area contributed by atoms with Crippen molar-refractivity contribution < 1.29 is 26.9 Å². The molecule has 0 aromatic rings. The van der Waals surface area contributed by atoms with E-state index in [0.29, 0.717) is 6.42 Å². The van der Waals surface area contributed by atoms with Crippen LogP contribution in [0.25, 0.3) is 0 Å². The predicted octanol–water partition coefficient (Wildman–Crippen LogP) is -3.65. The Morgan fingerprint density at radius 3 is 2.45 bits per heavy atom. The smallest absolute Gasteiger partial charge is 0.320 e. The number of carbonyl (C=O) groups is 1. The molecule has 0 spiro atoms. The number of rotatable bonds is 4. The summed E-state index contributed by atoms with van der Waals surface area (Å²) in [6.07, 6.45) is 2.48. The molecule has 0 saturated carbocycles. The van der Waals surface area contributed by atoms with Crippen LogP contribution >= 0.6 is 11.8 Å². The highest BCUT2D eigenvalue weighted by Crippen LogP contribution is 1.97. The van der Waals surface area contributed by atoms with Crippen molar-refractivity contribution in [3.05, 3.63) is 0 Å². The topological polar surface area (TPSA) is 63.3 Å². The molecule has 0 aromatic carbocycles. The maximum absolute atomic E-state index is 10.1. The van der Waals surface area contributed by atoms with Crippen LogP contribution in [-0.4, -0.2) is 29.1 Å². The Kier molecular flexibility index (Phi) is 17.0. The Morgan fingerprint density at radius 2 is 2.18 bits per heavy atom. The van der Waals surface area contributed by atoms with E-state index in [1.807, 2.05) is 6.26 Å². The number of carboxylic acids is 1. The zero-order valence-corrected chi connectivity index (χ0v) is 9.85. The first-order chi connectivity index (χ1) is 4.18. The molecule has 0 fully saturated rings. The van der Waals surface area contributed by atoms with Crippen LogP contribution in [0.1, 0.15) is 6.42 Å². The first kappa shape index (κ1) is 17.6. The molecule has 0 amide bonds. The molecule has 0 saturated heterocycles. The van der Waals surface area contributed by atoms with Crippen LogP contribution in [0.5, 0.6) is 0 Å². The third-order valence-electron chi connectivity index (χ3n) is 0.950. The number of aliphatic carboxylic acids is 1. The van der Waals surface area contributed by atoms with Crippen molar-refractivity contribution in [2.75, 3.05) is 12.0 Å². The Morgan fingerprint density at radius 1 is 1.73 bits per heavy atom. The standard InChI is InChI=1S/C5H11NO2S.BrH.H2S/c1-9-3-2-4(6)5(7)8;;/h4H,2-3,6H2,1H3,(H,7,8);1H;1H2/t4-;;/m1../s1. The minimum absolute atomic E-state index is 0. The maximum atomic E-state index is 10.1. The molecule has 0 aliphatic carbocycles. The normalized spacial score (nSPS) is 10.7. The van der Waals surface area contributed by atoms with Gasteiger partial charge in [-0.2, -0.15) is 11.8 Å². The van der Waals surface area contributed by atoms with Gasteiger partial charge in [-0.1, -0.05) is 13.5 Å². The molecule has 11 heavy (non-hydrogen) atoms. The van der Waals surface area contributed by atoms with E-state index in [9.17, 15) is 4.79 Å². The third kappa shape index (κ3) is 10.6. The molecule has 0 aliphatic rings. The van der Waals surface area contributed by atoms with Crippen molar-refractivity contribution in [2.24, 2.45) is 5.73 Å². The second-order valence-corrected chi connectivity index (χ2v) is 2.71. The number of thioether (sulfide) groups is 1. The molecule has 3 N–H and O–H groups in total. The lowest BCUT2D eigenvalue weighted by Gasteiger charge is -2.02. The van der Waals surface area contributed by atoms with E-state index in [1.165, 1.54) is 0 Å². The van der Waals surface area contributed by atoms with Crippen LogP contribution in [0, 0.1) is 0 Å². The quantitative estimate of drug-likeness (QED) is 0.514. The van der Waals surface area contributed by atoms with Crippen molar-refractivity contribution in [1.82, 2.24) is 0 Å². The van der Waals surface area contributed by atoms with Crippen molar-refractivity contribution >= 4 is 31.2 Å². The molecule has 0 rings (SSSR count). The second-order valence-electron chi connectivity index (χ2n) is 1.73. The molecule has 0 radical (unpaired) electrons. The molecule has 0 bridgehead atoms. The minimum atomic E-state index is -0.913. The van der Waals surface area contributed by atoms with E-state index in [1.54, 1.807) is 11.8 Å². The van der Waals surface area contributed by atoms with Gasteiger partial charge in [0.05, 0.1) is 0 Å². The summed E-state index contributed by atoms with van der Waals surface area (Å²) in [4.78, 5) is 10.1. The summed E-state index contributed by atoms with van der Waals surface area (Å²) in [5, 5.41) is 8.27. The first-order valence-electron chi connectivity index (χ1n) is 2.65. The number of hydrogen-bond acceptors (Lipinski definition) is 3. The fraction of sp³-hybridized carbons (Fsp3) is 0.800. The Hall–Kier alpha value is 0.610. The predicted molar refractivity (Wildman–Crippen MR) is 50.2 cm³/mol. The van der Waals surface area contributed by atoms with Gasteiger partial charge in [-0.25, -0.2) is 0 Å². The maximum Gasteiger partial charge on any atom is 0.320 e. The zero-order valence-electron chi connectivity index (χ0n) is 6.29. The molecule has 0 aromatic heterocycles. The van der Waals surface area contributed by atoms with Crippen molar-refractivity contribution in [3.63, 3.8) is 0 Å². The largest absolute Gasteiger partial charge is 1.00 e. The van der Waals surface area contributed by atoms with Gasteiger partial charge in [0.2, 0.25) is 0 Å². The van der Waals surface area contributed by atoms with Gasteiger partial charge in [0.1, 0.15) is 6.04 Å². The van der Waals surface area contributed by atoms with Gasteiger partial charge < -0.3 is 27.8 Å². The summed E-state index contributed by atoms with van der Waals surface area (Å²) in [6, 6.07) is -0.683. The summed E-state index contributed by atoms with van der Waals surface area (Å²) in [7, 11) is 0. The average molecular weight is 264 g/mol. The summed E-state index contributed by atoms with van der Waals surface area (Å²) < 4.78 is 0. The summed E-state index contributed by atoms with van der Waals surface area (Å²) >= 11 is 1.60. The summed E-state index contributed by atoms with van der Waals surface area (Å²) in [5.74, 6) is -0.1000. The molecule has 0 unspecified atom stereocenters. The summed E-state index contributed by atoms with van der Waals surface area (Å²) in [5.41, 5.74) is 5.19. The van der Waals surface area contributed by atoms with E-state index in [4.69, 9.17) is 10.8 Å². The van der Waals surface area contributed by atoms with Crippen LogP contribution in [0.3, 0.4) is 0 Å². The van der Waals surface area contributed by atoms with Gasteiger partial charge >= 0.3 is 5.97 Å². The summed E-state index contributed by atoms with van der Waals surface area (Å²) in [6.45, 7) is 0. The lowest BCUT2D eigenvalue weighted by molar-refractivity contribution is -0.138. The highest BCUT2D eigenvalue weighted by atomic mass is 79.9. The first-order valence-corrected chi connectivity index (χ1v) is 4.05. The van der Waals surface area contributed by atoms with Gasteiger partial charge in [-0.3, -0.25) is 4.79 Å². The Labute approximate surface area is 88.3 Å². The van der Waals surface area contributed by atoms with E-state index in [0.717, 1.165) is 5.75 Å². The monoisotopic (exact) mass is 263 g/mol. The van der Waals surface area contributed by atoms with Crippen LogP contribution in [-0.2, 0) is 18.3 Å². The highest BCUT2D eigenvalue weighted by Gasteiger charge is 2.08. The van der Waals surface area contributed by atoms with Crippen LogP contribution in [0.15, 0.2) is 0 Å². The molecule has 1 atom stereocenters. The number of nitrogens with two attached hydrogens (primary N) is 1. The van der Waals surface area contributed by atoms with Crippen molar-refractivity contribution in [1.29, 1.82) is 0 Å². The number of hydrogen-bond donors (Lipinski definition) is 2. The van der Waals surface area contributed by atoms with Gasteiger partial charge in [0.15, 0.2) is 0 Å². The van der Waals surface area contributed by atoms with Crippen LogP contribution in [0.4, 0.5) is 0 Å². The molecule has 0 aliphatic heterocycles. The minimum Gasteiger partial charge on any atom is -1.00 e. The van der Waals surface area contributed by atoms with Crippen molar-refractivity contribution in [3.8, 4) is 0 Å². The number of carboxylic acid groups (broad SMARTS) is 1. The van der Waals surface area contributed by atoms with E-state index < -0.39 is 12.0 Å².